The molecule has 6 rings (SSSR count). The molecule has 0 unspecified atom stereocenters. The molecule has 1 aromatic heterocycles. The van der Waals surface area contributed by atoms with Crippen LogP contribution in [0.25, 0.3) is 33.5 Å². The first-order valence-electron chi connectivity index (χ1n) is 14.8. The molecule has 0 spiro atoms. The van der Waals surface area contributed by atoms with Gasteiger partial charge in [-0.3, -0.25) is 0 Å². The van der Waals surface area contributed by atoms with Crippen molar-refractivity contribution in [2.75, 3.05) is 0 Å². The quantitative estimate of drug-likeness (QED) is 0.165. The van der Waals surface area contributed by atoms with Crippen molar-refractivity contribution >= 4 is 0 Å². The van der Waals surface area contributed by atoms with Crippen LogP contribution in [0, 0.1) is 25.1 Å². The normalized spacial score (nSPS) is 12.7. The van der Waals surface area contributed by atoms with Crippen LogP contribution in [0.4, 0.5) is 0 Å². The Morgan fingerprint density at radius 1 is 0.641 bits per heavy atom. The van der Waals surface area contributed by atoms with Gasteiger partial charge >= 0.3 is 20.1 Å². The zero-order valence-corrected chi connectivity index (χ0v) is 23.5. The number of benzene rings is 5. The molecule has 0 fully saturated rings. The molecular formula is C37H28IrN. The number of nitrogens with zero attached hydrogens (tertiary/aromatic N) is 1. The predicted molar refractivity (Wildman–Crippen MR) is 157 cm³/mol. The van der Waals surface area contributed by atoms with E-state index in [9.17, 15) is 0 Å². The topological polar surface area (TPSA) is 12.9 Å². The smallest absolute Gasteiger partial charge is 0.304 e. The minimum atomic E-state index is -2.20. The summed E-state index contributed by atoms with van der Waals surface area (Å²) in [7, 11) is 0. The standard InChI is InChI=1S/C19H14.C18H14N.Ir/c1-3-8-16(9-4-1)14-17-10-7-13-19(15-17)18-11-5-2-6-12-18;1-14-13-19-18(16-10-6-3-7-11-16)12-17(14)15-8-4-2-5-9-15;/h1-11,15H,14H2;2-10,12-13H,1H3;/q-2;-1;+3/i14D2;1D3;. The number of pyridine rings is 1. The molecule has 0 radical (unpaired) electrons. The summed E-state index contributed by atoms with van der Waals surface area (Å²) in [5, 5.41) is 0. The van der Waals surface area contributed by atoms with Crippen LogP contribution in [0.3, 0.4) is 0 Å². The fourth-order valence-electron chi connectivity index (χ4n) is 3.96. The molecule has 2 heteroatoms. The van der Waals surface area contributed by atoms with Gasteiger partial charge in [0.2, 0.25) is 0 Å². The maximum absolute atomic E-state index is 8.41. The first kappa shape index (κ1) is 21.8. The second-order valence-corrected chi connectivity index (χ2v) is 8.52. The minimum absolute atomic E-state index is 0. The average Bonchev–Trinajstić information content (AvgIpc) is 3.06. The first-order valence-corrected chi connectivity index (χ1v) is 12.3. The summed E-state index contributed by atoms with van der Waals surface area (Å²) in [5.74, 6) is 0. The molecule has 0 aliphatic carbocycles. The monoisotopic (exact) mass is 684 g/mol. The van der Waals surface area contributed by atoms with Crippen LogP contribution >= 0.6 is 0 Å². The van der Waals surface area contributed by atoms with Crippen LogP contribution in [0.1, 0.15) is 23.5 Å². The Bertz CT molecular complexity index is 1760. The molecule has 0 amide bonds. The van der Waals surface area contributed by atoms with Crippen molar-refractivity contribution in [1.82, 2.24) is 4.98 Å². The summed E-state index contributed by atoms with van der Waals surface area (Å²) in [6.07, 6.45) is -0.0780. The third-order valence-corrected chi connectivity index (χ3v) is 5.84. The molecule has 0 atom stereocenters. The van der Waals surface area contributed by atoms with Crippen LogP contribution in [0.5, 0.6) is 0 Å². The Labute approximate surface area is 252 Å². The largest absolute Gasteiger partial charge is 3.00 e. The number of hydrogen-bond acceptors (Lipinski definition) is 1. The van der Waals surface area contributed by atoms with E-state index < -0.39 is 13.2 Å². The summed E-state index contributed by atoms with van der Waals surface area (Å²) < 4.78 is 40.0. The minimum Gasteiger partial charge on any atom is -0.304 e. The molecule has 0 bridgehead atoms. The summed E-state index contributed by atoms with van der Waals surface area (Å²) in [6, 6.07) is 50.5. The molecule has 0 aliphatic heterocycles. The van der Waals surface area contributed by atoms with Gasteiger partial charge in [0.15, 0.2) is 0 Å². The van der Waals surface area contributed by atoms with E-state index in [-0.39, 0.29) is 25.7 Å². The summed E-state index contributed by atoms with van der Waals surface area (Å²) in [6.45, 7) is -2.20. The van der Waals surface area contributed by atoms with Gasteiger partial charge in [-0.25, -0.2) is 11.1 Å². The van der Waals surface area contributed by atoms with Gasteiger partial charge in [0.05, 0.1) is 0 Å². The second kappa shape index (κ2) is 14.2. The molecule has 0 N–H and O–H groups in total. The predicted octanol–water partition coefficient (Wildman–Crippen LogP) is 9.07. The van der Waals surface area contributed by atoms with Gasteiger partial charge in [-0.05, 0) is 41.2 Å². The number of hydrogen-bond donors (Lipinski definition) is 0. The van der Waals surface area contributed by atoms with Crippen LogP contribution in [-0.4, -0.2) is 4.98 Å². The zero-order chi connectivity index (χ0) is 30.3. The Balaban J connectivity index is 0.000000197. The zero-order valence-electron chi connectivity index (χ0n) is 26.1. The second-order valence-electron chi connectivity index (χ2n) is 8.52. The van der Waals surface area contributed by atoms with Gasteiger partial charge in [0.25, 0.3) is 0 Å². The van der Waals surface area contributed by atoms with Crippen molar-refractivity contribution in [1.29, 1.82) is 0 Å². The molecule has 0 aliphatic rings. The third kappa shape index (κ3) is 7.71. The third-order valence-electron chi connectivity index (χ3n) is 5.84. The van der Waals surface area contributed by atoms with E-state index in [0.717, 1.165) is 22.3 Å². The Morgan fingerprint density at radius 2 is 1.28 bits per heavy atom. The molecular weight excluding hydrogens is 651 g/mol. The van der Waals surface area contributed by atoms with Crippen LogP contribution in [0.15, 0.2) is 140 Å². The van der Waals surface area contributed by atoms with E-state index >= 15 is 0 Å². The molecule has 0 saturated heterocycles. The van der Waals surface area contributed by atoms with Crippen molar-refractivity contribution in [3.63, 3.8) is 0 Å². The van der Waals surface area contributed by atoms with Crippen molar-refractivity contribution < 1.29 is 27.0 Å². The van der Waals surface area contributed by atoms with Crippen molar-refractivity contribution in [3.05, 3.63) is 175 Å². The molecule has 1 nitrogen and oxygen atoms in total. The van der Waals surface area contributed by atoms with Crippen LogP contribution in [0.2, 0.25) is 0 Å². The van der Waals surface area contributed by atoms with Gasteiger partial charge in [0.1, 0.15) is 0 Å². The summed E-state index contributed by atoms with van der Waals surface area (Å²) >= 11 is 0. The van der Waals surface area contributed by atoms with E-state index in [0.29, 0.717) is 22.4 Å². The van der Waals surface area contributed by atoms with Gasteiger partial charge in [0, 0.05) is 13.1 Å². The Morgan fingerprint density at radius 3 is 1.95 bits per heavy atom. The maximum atomic E-state index is 8.41. The molecule has 39 heavy (non-hydrogen) atoms. The van der Waals surface area contributed by atoms with Crippen molar-refractivity contribution in [2.24, 2.45) is 0 Å². The molecule has 1 heterocycles. The SMILES string of the molecule is [2H]C([2H])([2H])c1cnc(-c2[c-]cccc2)cc1-c1ccccc1.[2H]C([2H])(c1ccccc1)c1cc[c-]c(-c2[c-]cccc2)c1.[Ir+3]. The van der Waals surface area contributed by atoms with Gasteiger partial charge in [-0.15, -0.1) is 53.6 Å². The molecule has 190 valence electrons. The summed E-state index contributed by atoms with van der Waals surface area (Å²) in [5.41, 5.74) is 6.42. The van der Waals surface area contributed by atoms with Gasteiger partial charge in [-0.2, -0.15) is 42.5 Å². The number of aromatic nitrogens is 1. The van der Waals surface area contributed by atoms with Crippen molar-refractivity contribution in [2.45, 2.75) is 13.2 Å². The average molecular weight is 684 g/mol. The van der Waals surface area contributed by atoms with E-state index in [1.54, 1.807) is 12.1 Å². The van der Waals surface area contributed by atoms with Crippen LogP contribution < -0.4 is 0 Å². The summed E-state index contributed by atoms with van der Waals surface area (Å²) in [4.78, 5) is 4.31. The van der Waals surface area contributed by atoms with E-state index in [2.05, 4.69) is 23.2 Å². The van der Waals surface area contributed by atoms with Gasteiger partial charge in [-0.1, -0.05) is 66.7 Å². The number of rotatable bonds is 5. The fraction of sp³-hybridized carbons (Fsp3) is 0.0541. The van der Waals surface area contributed by atoms with E-state index in [1.807, 2.05) is 121 Å². The van der Waals surface area contributed by atoms with E-state index in [4.69, 9.17) is 6.85 Å². The van der Waals surface area contributed by atoms with Crippen molar-refractivity contribution in [3.8, 4) is 33.5 Å². The van der Waals surface area contributed by atoms with E-state index in [1.165, 1.54) is 6.20 Å². The molecule has 5 aromatic carbocycles. The molecule has 0 saturated carbocycles. The molecule has 6 aromatic rings. The maximum Gasteiger partial charge on any atom is 3.00 e. The van der Waals surface area contributed by atoms with Crippen LogP contribution in [-0.2, 0) is 26.5 Å². The number of aryl methyl sites for hydroxylation is 1. The Hall–Kier alpha value is -4.10. The van der Waals surface area contributed by atoms with Gasteiger partial charge < -0.3 is 4.98 Å². The fourth-order valence-corrected chi connectivity index (χ4v) is 3.96. The first-order chi connectivity index (χ1) is 20.7. The Kier molecular flexibility index (Phi) is 7.91.